The van der Waals surface area contributed by atoms with Gasteiger partial charge in [-0.15, -0.1) is 0 Å². The lowest BCUT2D eigenvalue weighted by molar-refractivity contribution is -0.128. The molecule has 1 aromatic carbocycles. The number of aliphatic hydroxyl groups excluding tert-OH is 1. The molecule has 1 saturated heterocycles. The van der Waals surface area contributed by atoms with Crippen LogP contribution in [0.4, 0.5) is 0 Å². The molecule has 2 aliphatic heterocycles. The van der Waals surface area contributed by atoms with Gasteiger partial charge in [-0.2, -0.15) is 0 Å². The highest BCUT2D eigenvalue weighted by atomic mass is 35.5. The number of carbonyl (C=O) groups is 2. The molecule has 0 saturated carbocycles. The van der Waals surface area contributed by atoms with Gasteiger partial charge < -0.3 is 19.6 Å². The maximum Gasteiger partial charge on any atom is 0.289 e. The van der Waals surface area contributed by atoms with E-state index in [-0.39, 0.29) is 24.6 Å². The second kappa shape index (κ2) is 9.13. The molecule has 2 aliphatic rings. The lowest BCUT2D eigenvalue weighted by Crippen LogP contribution is -2.42. The molecule has 1 N–H and O–H groups in total. The summed E-state index contributed by atoms with van der Waals surface area (Å²) in [5.74, 6) is -1.35. The highest BCUT2D eigenvalue weighted by molar-refractivity contribution is 6.42. The minimum absolute atomic E-state index is 0.111. The van der Waals surface area contributed by atoms with Crippen molar-refractivity contribution in [1.29, 1.82) is 0 Å². The molecule has 0 spiro atoms. The summed E-state index contributed by atoms with van der Waals surface area (Å²) < 4.78 is 5.31. The Bertz CT molecular complexity index is 793. The van der Waals surface area contributed by atoms with E-state index in [1.54, 1.807) is 25.2 Å². The van der Waals surface area contributed by atoms with Crippen molar-refractivity contribution in [2.24, 2.45) is 0 Å². The minimum Gasteiger partial charge on any atom is -0.503 e. The number of nitrogens with zero attached hydrogens (tertiary/aromatic N) is 3. The van der Waals surface area contributed by atoms with E-state index in [2.05, 4.69) is 4.90 Å². The van der Waals surface area contributed by atoms with Crippen LogP contribution in [0.25, 0.3) is 0 Å². The minimum atomic E-state index is -0.500. The lowest BCUT2D eigenvalue weighted by atomic mass is 10.2. The number of halogens is 2. The van der Waals surface area contributed by atoms with E-state index in [0.717, 1.165) is 18.7 Å². The largest absolute Gasteiger partial charge is 0.503 e. The van der Waals surface area contributed by atoms with Gasteiger partial charge in [0.1, 0.15) is 0 Å². The van der Waals surface area contributed by atoms with Crippen molar-refractivity contribution < 1.29 is 19.4 Å². The molecule has 0 atom stereocenters. The first-order valence-corrected chi connectivity index (χ1v) is 9.83. The van der Waals surface area contributed by atoms with Crippen LogP contribution in [0.1, 0.15) is 5.56 Å². The van der Waals surface area contributed by atoms with Gasteiger partial charge in [-0.05, 0) is 17.7 Å². The Kier molecular flexibility index (Phi) is 6.82. The van der Waals surface area contributed by atoms with E-state index >= 15 is 0 Å². The molecule has 1 aromatic rings. The molecule has 0 aromatic heterocycles. The first kappa shape index (κ1) is 20.9. The number of likely N-dealkylation sites (N-methyl/N-ethyl adjacent to an activating group) is 1. The zero-order valence-electron chi connectivity index (χ0n) is 15.7. The molecule has 2 heterocycles. The van der Waals surface area contributed by atoms with Gasteiger partial charge >= 0.3 is 0 Å². The van der Waals surface area contributed by atoms with Crippen LogP contribution in [0.2, 0.25) is 10.0 Å². The van der Waals surface area contributed by atoms with Crippen LogP contribution in [0.5, 0.6) is 0 Å². The zero-order chi connectivity index (χ0) is 20.3. The number of rotatable bonds is 6. The predicted molar refractivity (Wildman–Crippen MR) is 106 cm³/mol. The molecule has 0 aliphatic carbocycles. The Morgan fingerprint density at radius 3 is 2.61 bits per heavy atom. The molecule has 3 rings (SSSR count). The van der Waals surface area contributed by atoms with Gasteiger partial charge in [-0.3, -0.25) is 14.5 Å². The van der Waals surface area contributed by atoms with Gasteiger partial charge in [0.15, 0.2) is 5.76 Å². The maximum absolute atomic E-state index is 12.8. The van der Waals surface area contributed by atoms with E-state index in [1.807, 2.05) is 0 Å². The summed E-state index contributed by atoms with van der Waals surface area (Å²) >= 11 is 11.9. The first-order chi connectivity index (χ1) is 13.4. The number of ether oxygens (including phenoxy) is 1. The number of amides is 2. The van der Waals surface area contributed by atoms with Gasteiger partial charge in [0.05, 0.1) is 35.4 Å². The van der Waals surface area contributed by atoms with Crippen molar-refractivity contribution in [3.05, 3.63) is 45.1 Å². The lowest BCUT2D eigenvalue weighted by Gasteiger charge is -2.28. The normalized spacial score (nSPS) is 18.1. The summed E-state index contributed by atoms with van der Waals surface area (Å²) in [4.78, 5) is 30.2. The fourth-order valence-electron chi connectivity index (χ4n) is 3.27. The zero-order valence-corrected chi connectivity index (χ0v) is 17.2. The van der Waals surface area contributed by atoms with E-state index < -0.39 is 11.7 Å². The summed E-state index contributed by atoms with van der Waals surface area (Å²) in [7, 11) is 1.62. The SMILES string of the molecule is CN(Cc1ccc(Cl)c(Cl)c1)C(=O)C1=C(O)C(=O)N(CCN2CCOCC2)C1. The van der Waals surface area contributed by atoms with Crippen molar-refractivity contribution >= 4 is 35.0 Å². The first-order valence-electron chi connectivity index (χ1n) is 9.07. The van der Waals surface area contributed by atoms with Crippen molar-refractivity contribution in [2.45, 2.75) is 6.54 Å². The number of carbonyl (C=O) groups excluding carboxylic acids is 2. The summed E-state index contributed by atoms with van der Waals surface area (Å²) in [5.41, 5.74) is 0.924. The quantitative estimate of drug-likeness (QED) is 0.750. The second-order valence-electron chi connectivity index (χ2n) is 6.92. The second-order valence-corrected chi connectivity index (χ2v) is 7.73. The molecule has 28 heavy (non-hydrogen) atoms. The average molecular weight is 428 g/mol. The van der Waals surface area contributed by atoms with Crippen LogP contribution in [0.15, 0.2) is 29.5 Å². The number of morpholine rings is 1. The summed E-state index contributed by atoms with van der Waals surface area (Å²) in [6, 6.07) is 5.14. The molecular weight excluding hydrogens is 405 g/mol. The Labute approximate surface area is 174 Å². The van der Waals surface area contributed by atoms with Crippen molar-refractivity contribution in [1.82, 2.24) is 14.7 Å². The molecule has 0 bridgehead atoms. The number of aliphatic hydroxyl groups is 1. The highest BCUT2D eigenvalue weighted by Crippen LogP contribution is 2.24. The standard InChI is InChI=1S/C19H23Cl2N3O4/c1-22(11-13-2-3-15(20)16(21)10-13)18(26)14-12-24(19(27)17(14)25)5-4-23-6-8-28-9-7-23/h2-3,10,25H,4-9,11-12H2,1H3. The summed E-state index contributed by atoms with van der Waals surface area (Å²) in [6.45, 7) is 4.54. The smallest absolute Gasteiger partial charge is 0.289 e. The molecule has 9 heteroatoms. The van der Waals surface area contributed by atoms with E-state index in [4.69, 9.17) is 27.9 Å². The summed E-state index contributed by atoms with van der Waals surface area (Å²) in [6.07, 6.45) is 0. The summed E-state index contributed by atoms with van der Waals surface area (Å²) in [5, 5.41) is 11.1. The molecule has 152 valence electrons. The molecule has 0 unspecified atom stereocenters. The predicted octanol–water partition coefficient (Wildman–Crippen LogP) is 1.94. The van der Waals surface area contributed by atoms with Gasteiger partial charge in [0.2, 0.25) is 0 Å². The average Bonchev–Trinajstić information content (AvgIpc) is 2.97. The van der Waals surface area contributed by atoms with Crippen LogP contribution < -0.4 is 0 Å². The van der Waals surface area contributed by atoms with Gasteiger partial charge in [-0.25, -0.2) is 0 Å². The highest BCUT2D eigenvalue weighted by Gasteiger charge is 2.35. The van der Waals surface area contributed by atoms with Crippen LogP contribution in [0.3, 0.4) is 0 Å². The molecule has 7 nitrogen and oxygen atoms in total. The molecule has 0 radical (unpaired) electrons. The molecule has 1 fully saturated rings. The molecular formula is C19H23Cl2N3O4. The number of hydrogen-bond acceptors (Lipinski definition) is 5. The van der Waals surface area contributed by atoms with Crippen molar-refractivity contribution in [3.63, 3.8) is 0 Å². The monoisotopic (exact) mass is 427 g/mol. The van der Waals surface area contributed by atoms with Gasteiger partial charge in [0, 0.05) is 39.8 Å². The van der Waals surface area contributed by atoms with Crippen LogP contribution in [-0.2, 0) is 20.9 Å². The van der Waals surface area contributed by atoms with Crippen molar-refractivity contribution in [3.8, 4) is 0 Å². The fraction of sp³-hybridized carbons (Fsp3) is 0.474. The third-order valence-electron chi connectivity index (χ3n) is 4.92. The number of hydrogen-bond donors (Lipinski definition) is 1. The topological polar surface area (TPSA) is 73.3 Å². The van der Waals surface area contributed by atoms with E-state index in [9.17, 15) is 14.7 Å². The van der Waals surface area contributed by atoms with Crippen LogP contribution in [0, 0.1) is 0 Å². The van der Waals surface area contributed by atoms with Crippen molar-refractivity contribution in [2.75, 3.05) is 53.0 Å². The molecule has 2 amide bonds. The Morgan fingerprint density at radius 2 is 1.93 bits per heavy atom. The Morgan fingerprint density at radius 1 is 1.21 bits per heavy atom. The van der Waals surface area contributed by atoms with Crippen LogP contribution >= 0.6 is 23.2 Å². The Balaban J connectivity index is 1.59. The van der Waals surface area contributed by atoms with Gasteiger partial charge in [0.25, 0.3) is 11.8 Å². The fourth-order valence-corrected chi connectivity index (χ4v) is 3.59. The maximum atomic E-state index is 12.8. The number of benzene rings is 1. The third-order valence-corrected chi connectivity index (χ3v) is 5.66. The van der Waals surface area contributed by atoms with Gasteiger partial charge in [-0.1, -0.05) is 29.3 Å². The Hall–Kier alpha value is -1.80. The van der Waals surface area contributed by atoms with E-state index in [1.165, 1.54) is 9.80 Å². The van der Waals surface area contributed by atoms with Crippen LogP contribution in [-0.4, -0.2) is 84.6 Å². The third kappa shape index (κ3) is 4.78. The van der Waals surface area contributed by atoms with E-state index in [0.29, 0.717) is 36.3 Å².